The molecular weight excluding hydrogens is 483 g/mol. The zero-order valence-corrected chi connectivity index (χ0v) is 22.7. The van der Waals surface area contributed by atoms with E-state index in [1.54, 1.807) is 32.0 Å². The topological polar surface area (TPSA) is 104 Å². The number of ether oxygens (including phenoxy) is 1. The van der Waals surface area contributed by atoms with Crippen molar-refractivity contribution in [3.8, 4) is 0 Å². The Morgan fingerprint density at radius 1 is 1.22 bits per heavy atom. The summed E-state index contributed by atoms with van der Waals surface area (Å²) in [5, 5.41) is 11.1. The quantitative estimate of drug-likeness (QED) is 0.447. The third-order valence-corrected chi connectivity index (χ3v) is 7.70. The molecule has 0 radical (unpaired) electrons. The smallest absolute Gasteiger partial charge is 0.468 e. The molecule has 4 rings (SSSR count). The zero-order valence-electron chi connectivity index (χ0n) is 21.9. The highest BCUT2D eigenvalue weighted by Gasteiger charge is 2.52. The zero-order chi connectivity index (χ0) is 26.5. The van der Waals surface area contributed by atoms with Gasteiger partial charge in [-0.1, -0.05) is 23.7 Å². The number of aromatic nitrogens is 2. The van der Waals surface area contributed by atoms with Crippen molar-refractivity contribution in [3.05, 3.63) is 40.7 Å². The third-order valence-electron chi connectivity index (χ3n) is 7.28. The van der Waals surface area contributed by atoms with E-state index < -0.39 is 23.9 Å². The van der Waals surface area contributed by atoms with Crippen molar-refractivity contribution >= 4 is 41.7 Å². The van der Waals surface area contributed by atoms with Crippen LogP contribution in [0.15, 0.2) is 24.3 Å². The van der Waals surface area contributed by atoms with E-state index in [2.05, 4.69) is 15.7 Å². The number of esters is 1. The number of aryl methyl sites for hydroxylation is 1. The molecule has 2 aromatic rings. The van der Waals surface area contributed by atoms with E-state index in [4.69, 9.17) is 25.6 Å². The molecule has 1 aromatic heterocycles. The summed E-state index contributed by atoms with van der Waals surface area (Å²) in [5.41, 5.74) is 0.307. The minimum Gasteiger partial charge on any atom is -0.468 e. The Kier molecular flexibility index (Phi) is 7.02. The number of nitrogens with one attached hydrogen (secondary N) is 2. The Bertz CT molecular complexity index is 1160. The predicted molar refractivity (Wildman–Crippen MR) is 139 cm³/mol. The van der Waals surface area contributed by atoms with Crippen molar-refractivity contribution in [2.75, 3.05) is 12.4 Å². The molecule has 0 spiro atoms. The first-order valence-electron chi connectivity index (χ1n) is 12.1. The van der Waals surface area contributed by atoms with Crippen LogP contribution in [0, 0.1) is 0 Å². The van der Waals surface area contributed by atoms with Gasteiger partial charge in [0.15, 0.2) is 5.69 Å². The number of carbonyl (C=O) groups is 2. The first kappa shape index (κ1) is 26.7. The largest absolute Gasteiger partial charge is 0.496 e. The summed E-state index contributed by atoms with van der Waals surface area (Å²) in [6, 6.07) is 6.97. The number of carbonyl (C=O) groups excluding carboxylic acids is 2. The molecule has 194 valence electrons. The first-order valence-corrected chi connectivity index (χ1v) is 12.5. The number of halogens is 1. The molecule has 0 aliphatic carbocycles. The fourth-order valence-electron chi connectivity index (χ4n) is 4.48. The Balaban J connectivity index is 1.53. The molecule has 11 heteroatoms. The minimum absolute atomic E-state index is 0.141. The van der Waals surface area contributed by atoms with E-state index in [9.17, 15) is 9.59 Å². The Hall–Kier alpha value is -2.40. The standard InChI is InChI=1S/C25H34BClN4O5/c1-23(2,22(33)34-7)29-16-12-9-13-31-19(16)14-18(30-31)21(32)28-17-11-8-10-15(20(17)27)26-35-24(3,4)25(5,6)36-26/h8,10-11,14,16,29H,9,12-13H2,1-7H3,(H,28,32)/t16-/m0/s1. The average Bonchev–Trinajstić information content (AvgIpc) is 3.33. The van der Waals surface area contributed by atoms with Gasteiger partial charge in [0.1, 0.15) is 5.54 Å². The Morgan fingerprint density at radius 2 is 1.89 bits per heavy atom. The Labute approximate surface area is 217 Å². The van der Waals surface area contributed by atoms with Crippen LogP contribution in [0.1, 0.15) is 76.6 Å². The highest BCUT2D eigenvalue weighted by Crippen LogP contribution is 2.37. The summed E-state index contributed by atoms with van der Waals surface area (Å²) in [6.07, 6.45) is 1.68. The van der Waals surface area contributed by atoms with Gasteiger partial charge in [-0.3, -0.25) is 19.6 Å². The number of fused-ring (bicyclic) bond motifs is 1. The van der Waals surface area contributed by atoms with Gasteiger partial charge in [-0.15, -0.1) is 0 Å². The second-order valence-corrected chi connectivity index (χ2v) is 11.3. The van der Waals surface area contributed by atoms with Gasteiger partial charge >= 0.3 is 13.1 Å². The molecule has 2 N–H and O–H groups in total. The second kappa shape index (κ2) is 9.48. The van der Waals surface area contributed by atoms with Crippen LogP contribution in [-0.4, -0.2) is 52.6 Å². The van der Waals surface area contributed by atoms with Crippen molar-refractivity contribution < 1.29 is 23.6 Å². The number of amides is 1. The van der Waals surface area contributed by atoms with Gasteiger partial charge in [-0.05, 0) is 66.5 Å². The van der Waals surface area contributed by atoms with Crippen LogP contribution in [0.5, 0.6) is 0 Å². The van der Waals surface area contributed by atoms with E-state index in [1.807, 2.05) is 38.4 Å². The van der Waals surface area contributed by atoms with Gasteiger partial charge in [0.2, 0.25) is 0 Å². The molecule has 1 aromatic carbocycles. The molecule has 2 aliphatic rings. The van der Waals surface area contributed by atoms with Gasteiger partial charge < -0.3 is 19.4 Å². The minimum atomic E-state index is -0.879. The van der Waals surface area contributed by atoms with Crippen LogP contribution in [0.2, 0.25) is 5.02 Å². The van der Waals surface area contributed by atoms with Crippen LogP contribution in [0.25, 0.3) is 0 Å². The monoisotopic (exact) mass is 516 g/mol. The van der Waals surface area contributed by atoms with Crippen LogP contribution < -0.4 is 16.1 Å². The van der Waals surface area contributed by atoms with Crippen LogP contribution >= 0.6 is 11.6 Å². The molecule has 36 heavy (non-hydrogen) atoms. The molecule has 3 heterocycles. The van der Waals surface area contributed by atoms with Crippen LogP contribution in [0.4, 0.5) is 5.69 Å². The molecular formula is C25H34BClN4O5. The SMILES string of the molecule is COC(=O)C(C)(C)N[C@H]1CCCn2nc(C(=O)Nc3cccc(B4OC(C)(C)C(C)(C)O4)c3Cl)cc21. The molecule has 1 fully saturated rings. The maximum Gasteiger partial charge on any atom is 0.496 e. The van der Waals surface area contributed by atoms with E-state index in [1.165, 1.54) is 7.11 Å². The van der Waals surface area contributed by atoms with Crippen molar-refractivity contribution in [1.29, 1.82) is 0 Å². The second-order valence-electron chi connectivity index (χ2n) is 10.9. The number of hydrogen-bond donors (Lipinski definition) is 2. The highest BCUT2D eigenvalue weighted by atomic mass is 35.5. The molecule has 1 amide bonds. The van der Waals surface area contributed by atoms with Gasteiger partial charge in [-0.25, -0.2) is 0 Å². The van der Waals surface area contributed by atoms with Crippen molar-refractivity contribution in [3.63, 3.8) is 0 Å². The molecule has 9 nitrogen and oxygen atoms in total. The summed E-state index contributed by atoms with van der Waals surface area (Å²) in [6.45, 7) is 12.1. The fraction of sp³-hybridized carbons (Fsp3) is 0.560. The van der Waals surface area contributed by atoms with Crippen LogP contribution in [0.3, 0.4) is 0 Å². The molecule has 0 saturated carbocycles. The highest BCUT2D eigenvalue weighted by molar-refractivity contribution is 6.66. The maximum atomic E-state index is 13.2. The van der Waals surface area contributed by atoms with E-state index in [0.29, 0.717) is 22.7 Å². The van der Waals surface area contributed by atoms with E-state index >= 15 is 0 Å². The van der Waals surface area contributed by atoms with E-state index in [0.717, 1.165) is 18.5 Å². The number of hydrogen-bond acceptors (Lipinski definition) is 7. The fourth-order valence-corrected chi connectivity index (χ4v) is 4.74. The van der Waals surface area contributed by atoms with Gasteiger partial charge in [0.05, 0.1) is 40.8 Å². The molecule has 0 unspecified atom stereocenters. The summed E-state index contributed by atoms with van der Waals surface area (Å²) in [7, 11) is 0.718. The number of benzene rings is 1. The van der Waals surface area contributed by atoms with Crippen molar-refractivity contribution in [2.24, 2.45) is 0 Å². The van der Waals surface area contributed by atoms with Crippen molar-refractivity contribution in [1.82, 2.24) is 15.1 Å². The molecule has 2 aliphatic heterocycles. The maximum absolute atomic E-state index is 13.2. The summed E-state index contributed by atoms with van der Waals surface area (Å²) in [4.78, 5) is 25.3. The first-order chi connectivity index (χ1) is 16.8. The summed E-state index contributed by atoms with van der Waals surface area (Å²) in [5.74, 6) is -0.732. The lowest BCUT2D eigenvalue weighted by atomic mass is 9.79. The normalized spacial score (nSPS) is 20.7. The lowest BCUT2D eigenvalue weighted by molar-refractivity contribution is -0.147. The Morgan fingerprint density at radius 3 is 2.53 bits per heavy atom. The number of rotatable bonds is 6. The molecule has 1 saturated heterocycles. The van der Waals surface area contributed by atoms with Crippen molar-refractivity contribution in [2.45, 2.75) is 83.7 Å². The third kappa shape index (κ3) is 4.92. The number of nitrogens with zero attached hydrogens (tertiary/aromatic N) is 2. The predicted octanol–water partition coefficient (Wildman–Crippen LogP) is 3.46. The number of methoxy groups -OCH3 is 1. The summed E-state index contributed by atoms with van der Waals surface area (Å²) < 4.78 is 19.0. The summed E-state index contributed by atoms with van der Waals surface area (Å²) >= 11 is 6.69. The van der Waals surface area contributed by atoms with Gasteiger partial charge in [-0.2, -0.15) is 5.10 Å². The average molecular weight is 517 g/mol. The van der Waals surface area contributed by atoms with Crippen LogP contribution in [-0.2, 0) is 25.4 Å². The number of anilines is 1. The van der Waals surface area contributed by atoms with E-state index in [-0.39, 0.29) is 23.6 Å². The lowest BCUT2D eigenvalue weighted by Crippen LogP contribution is -2.50. The van der Waals surface area contributed by atoms with Gasteiger partial charge in [0.25, 0.3) is 5.91 Å². The lowest BCUT2D eigenvalue weighted by Gasteiger charge is -2.32. The molecule has 1 atom stereocenters. The van der Waals surface area contributed by atoms with Gasteiger partial charge in [0, 0.05) is 12.0 Å². The molecule has 0 bridgehead atoms.